The average molecular weight is 283 g/mol. The van der Waals surface area contributed by atoms with Crippen LogP contribution in [-0.2, 0) is 11.7 Å². The standard InChI is InChI=1S/C16H20F3N/c17-16(18,19)14-7-3-2-6-13(14)15(12-8-9-12)10-4-1-5-11-20-15/h2-3,6-7,12,20H,1,4-5,8-11H2. The summed E-state index contributed by atoms with van der Waals surface area (Å²) in [5.41, 5.74) is -0.444. The van der Waals surface area contributed by atoms with E-state index in [1.165, 1.54) is 12.1 Å². The van der Waals surface area contributed by atoms with Crippen molar-refractivity contribution in [2.45, 2.75) is 50.2 Å². The second kappa shape index (κ2) is 5.06. The summed E-state index contributed by atoms with van der Waals surface area (Å²) in [5.74, 6) is 0.365. The molecule has 1 atom stereocenters. The smallest absolute Gasteiger partial charge is 0.307 e. The molecule has 0 radical (unpaired) electrons. The van der Waals surface area contributed by atoms with Crippen molar-refractivity contribution < 1.29 is 13.2 Å². The van der Waals surface area contributed by atoms with Crippen LogP contribution in [0, 0.1) is 5.92 Å². The molecule has 0 bridgehead atoms. The molecule has 1 saturated heterocycles. The maximum Gasteiger partial charge on any atom is 0.416 e. The van der Waals surface area contributed by atoms with E-state index in [4.69, 9.17) is 0 Å². The zero-order chi connectivity index (χ0) is 14.2. The van der Waals surface area contributed by atoms with Gasteiger partial charge in [-0.15, -0.1) is 0 Å². The highest BCUT2D eigenvalue weighted by Gasteiger charge is 2.49. The monoisotopic (exact) mass is 283 g/mol. The van der Waals surface area contributed by atoms with Crippen LogP contribution >= 0.6 is 0 Å². The highest BCUT2D eigenvalue weighted by molar-refractivity contribution is 5.38. The van der Waals surface area contributed by atoms with E-state index >= 15 is 0 Å². The van der Waals surface area contributed by atoms with Gasteiger partial charge in [-0.1, -0.05) is 31.0 Å². The first-order valence-electron chi connectivity index (χ1n) is 7.46. The summed E-state index contributed by atoms with van der Waals surface area (Å²) in [4.78, 5) is 0. The molecule has 20 heavy (non-hydrogen) atoms. The van der Waals surface area contributed by atoms with Crippen LogP contribution in [0.2, 0.25) is 0 Å². The molecule has 1 aromatic carbocycles. The minimum absolute atomic E-state index is 0.365. The van der Waals surface area contributed by atoms with Crippen LogP contribution in [0.5, 0.6) is 0 Å². The van der Waals surface area contributed by atoms with E-state index in [2.05, 4.69) is 5.32 Å². The summed E-state index contributed by atoms with van der Waals surface area (Å²) in [7, 11) is 0. The quantitative estimate of drug-likeness (QED) is 0.844. The Bertz CT molecular complexity index is 469. The van der Waals surface area contributed by atoms with Crippen molar-refractivity contribution in [1.82, 2.24) is 5.32 Å². The fraction of sp³-hybridized carbons (Fsp3) is 0.625. The molecule has 2 aliphatic rings. The van der Waals surface area contributed by atoms with Crippen molar-refractivity contribution in [2.75, 3.05) is 6.54 Å². The highest BCUT2D eigenvalue weighted by atomic mass is 19.4. The van der Waals surface area contributed by atoms with Gasteiger partial charge in [0.05, 0.1) is 5.56 Å². The number of benzene rings is 1. The molecule has 1 unspecified atom stereocenters. The van der Waals surface area contributed by atoms with Gasteiger partial charge in [0.2, 0.25) is 0 Å². The van der Waals surface area contributed by atoms with Gasteiger partial charge in [0, 0.05) is 5.54 Å². The lowest BCUT2D eigenvalue weighted by Crippen LogP contribution is -2.45. The minimum atomic E-state index is -4.27. The molecule has 0 aromatic heterocycles. The van der Waals surface area contributed by atoms with Crippen LogP contribution in [0.3, 0.4) is 0 Å². The Kier molecular flexibility index (Phi) is 3.53. The Morgan fingerprint density at radius 3 is 2.50 bits per heavy atom. The van der Waals surface area contributed by atoms with E-state index in [0.717, 1.165) is 45.1 Å². The second-order valence-corrected chi connectivity index (χ2v) is 6.03. The number of alkyl halides is 3. The van der Waals surface area contributed by atoms with Crippen molar-refractivity contribution in [2.24, 2.45) is 5.92 Å². The number of rotatable bonds is 2. The summed E-state index contributed by atoms with van der Waals surface area (Å²) in [6, 6.07) is 6.14. The van der Waals surface area contributed by atoms with Crippen LogP contribution in [0.25, 0.3) is 0 Å². The Hall–Kier alpha value is -1.03. The van der Waals surface area contributed by atoms with Gasteiger partial charge in [-0.25, -0.2) is 0 Å². The van der Waals surface area contributed by atoms with Crippen molar-refractivity contribution in [3.8, 4) is 0 Å². The molecule has 0 amide bonds. The van der Waals surface area contributed by atoms with Crippen molar-refractivity contribution in [3.05, 3.63) is 35.4 Å². The lowest BCUT2D eigenvalue weighted by atomic mass is 9.78. The molecule has 4 heteroatoms. The molecule has 3 rings (SSSR count). The fourth-order valence-electron chi connectivity index (χ4n) is 3.60. The molecule has 1 aromatic rings. The van der Waals surface area contributed by atoms with Gasteiger partial charge in [0.25, 0.3) is 0 Å². The Morgan fingerprint density at radius 1 is 1.05 bits per heavy atom. The van der Waals surface area contributed by atoms with Gasteiger partial charge in [0.1, 0.15) is 0 Å². The van der Waals surface area contributed by atoms with Gasteiger partial charge in [-0.05, 0) is 49.8 Å². The lowest BCUT2D eigenvalue weighted by Gasteiger charge is -2.37. The molecule has 1 nitrogen and oxygen atoms in total. The highest BCUT2D eigenvalue weighted by Crippen LogP contribution is 2.51. The molecule has 1 heterocycles. The third-order valence-electron chi connectivity index (χ3n) is 4.68. The number of nitrogens with one attached hydrogen (secondary N) is 1. The first kappa shape index (κ1) is 13.9. The van der Waals surface area contributed by atoms with Gasteiger partial charge < -0.3 is 5.32 Å². The van der Waals surface area contributed by atoms with E-state index in [9.17, 15) is 13.2 Å². The van der Waals surface area contributed by atoms with Gasteiger partial charge in [-0.2, -0.15) is 13.2 Å². The van der Waals surface area contributed by atoms with Crippen LogP contribution in [-0.4, -0.2) is 6.54 Å². The lowest BCUT2D eigenvalue weighted by molar-refractivity contribution is -0.139. The zero-order valence-corrected chi connectivity index (χ0v) is 11.5. The molecule has 0 spiro atoms. The van der Waals surface area contributed by atoms with Crippen molar-refractivity contribution in [1.29, 1.82) is 0 Å². The number of halogens is 3. The SMILES string of the molecule is FC(F)(F)c1ccccc1C1(C2CC2)CCCCCN1. The maximum absolute atomic E-state index is 13.3. The van der Waals surface area contributed by atoms with E-state index in [-0.39, 0.29) is 0 Å². The third-order valence-corrected chi connectivity index (χ3v) is 4.68. The Balaban J connectivity index is 2.08. The van der Waals surface area contributed by atoms with Crippen molar-refractivity contribution >= 4 is 0 Å². The summed E-state index contributed by atoms with van der Waals surface area (Å²) >= 11 is 0. The summed E-state index contributed by atoms with van der Waals surface area (Å²) in [6.07, 6.45) is 1.81. The molecular formula is C16H20F3N. The predicted octanol–water partition coefficient (Wildman–Crippen LogP) is 4.47. The first-order valence-corrected chi connectivity index (χ1v) is 7.46. The second-order valence-electron chi connectivity index (χ2n) is 6.03. The van der Waals surface area contributed by atoms with Crippen LogP contribution in [0.1, 0.15) is 49.7 Å². The van der Waals surface area contributed by atoms with Gasteiger partial charge >= 0.3 is 6.18 Å². The Labute approximate surface area is 117 Å². The predicted molar refractivity (Wildman–Crippen MR) is 72.3 cm³/mol. The average Bonchev–Trinajstić information content (AvgIpc) is 3.24. The summed E-state index contributed by atoms with van der Waals surface area (Å²) in [5, 5.41) is 3.49. The zero-order valence-electron chi connectivity index (χ0n) is 11.5. The van der Waals surface area contributed by atoms with Crippen LogP contribution < -0.4 is 5.32 Å². The van der Waals surface area contributed by atoms with Crippen LogP contribution in [0.15, 0.2) is 24.3 Å². The maximum atomic E-state index is 13.3. The van der Waals surface area contributed by atoms with E-state index in [0.29, 0.717) is 11.5 Å². The van der Waals surface area contributed by atoms with E-state index < -0.39 is 17.3 Å². The summed E-state index contributed by atoms with van der Waals surface area (Å²) < 4.78 is 40.0. The van der Waals surface area contributed by atoms with Gasteiger partial charge in [0.15, 0.2) is 0 Å². The van der Waals surface area contributed by atoms with E-state index in [1.807, 2.05) is 0 Å². The Morgan fingerprint density at radius 2 is 1.80 bits per heavy atom. The summed E-state index contributed by atoms with van der Waals surface area (Å²) in [6.45, 7) is 0.822. The first-order chi connectivity index (χ1) is 9.54. The van der Waals surface area contributed by atoms with Crippen molar-refractivity contribution in [3.63, 3.8) is 0 Å². The number of hydrogen-bond donors (Lipinski definition) is 1. The van der Waals surface area contributed by atoms with E-state index in [1.54, 1.807) is 12.1 Å². The molecule has 1 aliphatic carbocycles. The minimum Gasteiger partial charge on any atom is -0.307 e. The van der Waals surface area contributed by atoms with Crippen LogP contribution in [0.4, 0.5) is 13.2 Å². The molecule has 110 valence electrons. The molecule has 1 aliphatic heterocycles. The largest absolute Gasteiger partial charge is 0.416 e. The normalized spacial score (nSPS) is 28.1. The molecule has 2 fully saturated rings. The fourth-order valence-corrected chi connectivity index (χ4v) is 3.60. The molecule has 1 N–H and O–H groups in total. The molecule has 1 saturated carbocycles. The topological polar surface area (TPSA) is 12.0 Å². The van der Waals surface area contributed by atoms with Gasteiger partial charge in [-0.3, -0.25) is 0 Å². The third kappa shape index (κ3) is 2.46. The molecular weight excluding hydrogens is 263 g/mol. The number of hydrogen-bond acceptors (Lipinski definition) is 1.